The number of benzene rings is 1. The molecule has 0 radical (unpaired) electrons. The molecule has 1 saturated heterocycles. The summed E-state index contributed by atoms with van der Waals surface area (Å²) in [5.41, 5.74) is 2.01. The number of amides is 1. The van der Waals surface area contributed by atoms with Crippen LogP contribution in [0.1, 0.15) is 36.6 Å². The number of aryl methyl sites for hydroxylation is 1. The van der Waals surface area contributed by atoms with Crippen LogP contribution in [0.3, 0.4) is 0 Å². The Kier molecular flexibility index (Phi) is 6.64. The monoisotopic (exact) mass is 480 g/mol. The van der Waals surface area contributed by atoms with Crippen molar-refractivity contribution < 1.29 is 9.90 Å². The number of nitrogens with one attached hydrogen (secondary N) is 1. The van der Waals surface area contributed by atoms with Gasteiger partial charge in [-0.15, -0.1) is 0 Å². The number of carbonyl (C=O) groups excluding carboxylic acids is 1. The molecule has 4 rings (SSSR count). The number of hydrogen-bond donors (Lipinski definition) is 2. The van der Waals surface area contributed by atoms with E-state index in [-0.39, 0.29) is 29.6 Å². The maximum atomic E-state index is 13.4. The molecular weight excluding hydrogens is 456 g/mol. The van der Waals surface area contributed by atoms with E-state index in [1.807, 2.05) is 57.2 Å². The van der Waals surface area contributed by atoms with Crippen LogP contribution in [0.25, 0.3) is 11.7 Å². The minimum absolute atomic E-state index is 0.0829. The average Bonchev–Trinajstić information content (AvgIpc) is 3.08. The van der Waals surface area contributed by atoms with Gasteiger partial charge in [-0.2, -0.15) is 0 Å². The highest BCUT2D eigenvalue weighted by Crippen LogP contribution is 2.34. The topological polar surface area (TPSA) is 86.9 Å². The number of anilines is 1. The van der Waals surface area contributed by atoms with Gasteiger partial charge in [-0.1, -0.05) is 60.4 Å². The molecule has 2 N–H and O–H groups in total. The number of nitrogens with zero attached hydrogens (tertiary/aromatic N) is 3. The first kappa shape index (κ1) is 23.2. The Balaban J connectivity index is 1.78. The standard InChI is InChI=1S/C24H24N4O3S2/c1-14(2)28-23(31)19(33-24(28)32)12-17-20(25-13-18(29)16-9-5-4-6-10-16)26-21-15(3)8-7-11-27(21)22(17)30/h4-12,14,18,25,29H,13H2,1-3H3/b19-12-/t18-/m0/s1. The van der Waals surface area contributed by atoms with E-state index in [4.69, 9.17) is 12.2 Å². The van der Waals surface area contributed by atoms with Crippen LogP contribution in [0.2, 0.25) is 0 Å². The summed E-state index contributed by atoms with van der Waals surface area (Å²) < 4.78 is 1.92. The second kappa shape index (κ2) is 9.46. The van der Waals surface area contributed by atoms with Crippen LogP contribution in [0.15, 0.2) is 58.4 Å². The molecule has 0 saturated carbocycles. The van der Waals surface area contributed by atoms with Crippen molar-refractivity contribution in [1.82, 2.24) is 14.3 Å². The molecule has 2 aromatic heterocycles. The smallest absolute Gasteiger partial charge is 0.267 e. The molecule has 170 valence electrons. The van der Waals surface area contributed by atoms with Crippen LogP contribution in [0, 0.1) is 6.92 Å². The van der Waals surface area contributed by atoms with Gasteiger partial charge in [-0.05, 0) is 44.0 Å². The Labute approximate surface area is 201 Å². The summed E-state index contributed by atoms with van der Waals surface area (Å²) in [5.74, 6) is 0.0723. The Morgan fingerprint density at radius 3 is 2.58 bits per heavy atom. The largest absolute Gasteiger partial charge is 0.387 e. The first-order chi connectivity index (χ1) is 15.8. The zero-order valence-electron chi connectivity index (χ0n) is 18.5. The fourth-order valence-corrected chi connectivity index (χ4v) is 5.12. The molecule has 0 bridgehead atoms. The maximum Gasteiger partial charge on any atom is 0.267 e. The molecule has 1 aliphatic heterocycles. The van der Waals surface area contributed by atoms with Crippen molar-refractivity contribution in [3.8, 4) is 0 Å². The van der Waals surface area contributed by atoms with E-state index >= 15 is 0 Å². The summed E-state index contributed by atoms with van der Waals surface area (Å²) in [4.78, 5) is 32.9. The lowest BCUT2D eigenvalue weighted by Crippen LogP contribution is -2.34. The predicted molar refractivity (Wildman–Crippen MR) is 136 cm³/mol. The zero-order valence-corrected chi connectivity index (χ0v) is 20.1. The number of pyridine rings is 1. The van der Waals surface area contributed by atoms with Gasteiger partial charge in [-0.3, -0.25) is 18.9 Å². The normalized spacial score (nSPS) is 16.3. The van der Waals surface area contributed by atoms with Gasteiger partial charge in [0.15, 0.2) is 0 Å². The Bertz CT molecular complexity index is 1320. The number of fused-ring (bicyclic) bond motifs is 1. The Morgan fingerprint density at radius 2 is 1.91 bits per heavy atom. The van der Waals surface area contributed by atoms with Gasteiger partial charge in [0.05, 0.1) is 16.6 Å². The number of thiocarbonyl (C=S) groups is 1. The molecule has 33 heavy (non-hydrogen) atoms. The van der Waals surface area contributed by atoms with E-state index in [0.29, 0.717) is 20.7 Å². The van der Waals surface area contributed by atoms with E-state index in [9.17, 15) is 14.7 Å². The van der Waals surface area contributed by atoms with Crippen molar-refractivity contribution in [3.05, 3.63) is 80.6 Å². The SMILES string of the molecule is Cc1cccn2c(=O)c(/C=C3\SC(=S)N(C(C)C)C3=O)c(NC[C@H](O)c3ccccc3)nc12. The van der Waals surface area contributed by atoms with Crippen LogP contribution in [0.4, 0.5) is 5.82 Å². The van der Waals surface area contributed by atoms with Crippen molar-refractivity contribution in [1.29, 1.82) is 0 Å². The number of aliphatic hydroxyl groups excluding tert-OH is 1. The molecule has 7 nitrogen and oxygen atoms in total. The van der Waals surface area contributed by atoms with Crippen molar-refractivity contribution >= 4 is 51.7 Å². The third-order valence-electron chi connectivity index (χ3n) is 5.35. The fourth-order valence-electron chi connectivity index (χ4n) is 3.62. The highest BCUT2D eigenvalue weighted by Gasteiger charge is 2.34. The Morgan fingerprint density at radius 1 is 1.18 bits per heavy atom. The Hall–Kier alpha value is -3.01. The van der Waals surface area contributed by atoms with Crippen LogP contribution in [-0.4, -0.2) is 42.2 Å². The predicted octanol–water partition coefficient (Wildman–Crippen LogP) is 3.76. The third-order valence-corrected chi connectivity index (χ3v) is 6.68. The molecule has 1 atom stereocenters. The van der Waals surface area contributed by atoms with E-state index in [2.05, 4.69) is 10.3 Å². The summed E-state index contributed by atoms with van der Waals surface area (Å²) in [6.07, 6.45) is 2.40. The van der Waals surface area contributed by atoms with Crippen LogP contribution >= 0.6 is 24.0 Å². The average molecular weight is 481 g/mol. The lowest BCUT2D eigenvalue weighted by molar-refractivity contribution is -0.123. The molecule has 1 aromatic carbocycles. The van der Waals surface area contributed by atoms with Crippen LogP contribution in [-0.2, 0) is 4.79 Å². The minimum Gasteiger partial charge on any atom is -0.387 e. The molecule has 0 unspecified atom stereocenters. The molecule has 1 aliphatic rings. The molecule has 3 heterocycles. The summed E-state index contributed by atoms with van der Waals surface area (Å²) in [6.45, 7) is 5.80. The van der Waals surface area contributed by atoms with E-state index < -0.39 is 6.10 Å². The van der Waals surface area contributed by atoms with Crippen molar-refractivity contribution in [3.63, 3.8) is 0 Å². The van der Waals surface area contributed by atoms with Crippen molar-refractivity contribution in [2.24, 2.45) is 0 Å². The summed E-state index contributed by atoms with van der Waals surface area (Å²) >= 11 is 6.53. The molecule has 1 amide bonds. The number of aromatic nitrogens is 2. The van der Waals surface area contributed by atoms with E-state index in [1.54, 1.807) is 18.3 Å². The second-order valence-electron chi connectivity index (χ2n) is 8.02. The first-order valence-corrected chi connectivity index (χ1v) is 11.8. The number of carbonyl (C=O) groups is 1. The molecule has 0 spiro atoms. The quantitative estimate of drug-likeness (QED) is 0.410. The van der Waals surface area contributed by atoms with Gasteiger partial charge >= 0.3 is 0 Å². The number of rotatable bonds is 6. The first-order valence-electron chi connectivity index (χ1n) is 10.5. The van der Waals surface area contributed by atoms with Gasteiger partial charge in [0.1, 0.15) is 15.8 Å². The number of hydrogen-bond acceptors (Lipinski definition) is 7. The lowest BCUT2D eigenvalue weighted by Gasteiger charge is -2.18. The van der Waals surface area contributed by atoms with Gasteiger partial charge < -0.3 is 10.4 Å². The lowest BCUT2D eigenvalue weighted by atomic mass is 10.1. The summed E-state index contributed by atoms with van der Waals surface area (Å²) in [5, 5.41) is 13.7. The van der Waals surface area contributed by atoms with Crippen LogP contribution < -0.4 is 10.9 Å². The van der Waals surface area contributed by atoms with Gasteiger partial charge in [0.2, 0.25) is 0 Å². The molecule has 9 heteroatoms. The second-order valence-corrected chi connectivity index (χ2v) is 9.69. The zero-order chi connectivity index (χ0) is 23.7. The maximum absolute atomic E-state index is 13.4. The highest BCUT2D eigenvalue weighted by molar-refractivity contribution is 8.26. The van der Waals surface area contributed by atoms with Gasteiger partial charge in [-0.25, -0.2) is 4.98 Å². The van der Waals surface area contributed by atoms with Crippen LogP contribution in [0.5, 0.6) is 0 Å². The fraction of sp³-hybridized carbons (Fsp3) is 0.250. The molecule has 0 aliphatic carbocycles. The van der Waals surface area contributed by atoms with Gasteiger partial charge in [0.25, 0.3) is 11.5 Å². The highest BCUT2D eigenvalue weighted by atomic mass is 32.2. The molecule has 3 aromatic rings. The molecular formula is C24H24N4O3S2. The summed E-state index contributed by atoms with van der Waals surface area (Å²) in [6, 6.07) is 12.8. The summed E-state index contributed by atoms with van der Waals surface area (Å²) in [7, 11) is 0. The number of thioether (sulfide) groups is 1. The number of aliphatic hydroxyl groups is 1. The molecule has 1 fully saturated rings. The van der Waals surface area contributed by atoms with E-state index in [1.165, 1.54) is 21.1 Å². The minimum atomic E-state index is -0.796. The van der Waals surface area contributed by atoms with Crippen molar-refractivity contribution in [2.75, 3.05) is 11.9 Å². The van der Waals surface area contributed by atoms with Gasteiger partial charge in [0, 0.05) is 18.8 Å². The van der Waals surface area contributed by atoms with Crippen molar-refractivity contribution in [2.45, 2.75) is 32.9 Å². The third kappa shape index (κ3) is 4.57. The van der Waals surface area contributed by atoms with E-state index in [0.717, 1.165) is 11.1 Å².